The Balaban J connectivity index is 0.000000961. The Kier molecular flexibility index (Phi) is 10.4. The van der Waals surface area contributed by atoms with E-state index >= 15 is 0 Å². The topological polar surface area (TPSA) is 3.24 Å². The molecule has 2 bridgehead atoms. The van der Waals surface area contributed by atoms with Crippen LogP contribution in [0.5, 0.6) is 0 Å². The molecule has 4 rings (SSSR count). The monoisotopic (exact) mass is 324 g/mol. The Morgan fingerprint density at radius 3 is 2.33 bits per heavy atom. The van der Waals surface area contributed by atoms with Crippen molar-refractivity contribution < 1.29 is 18.6 Å². The summed E-state index contributed by atoms with van der Waals surface area (Å²) in [7, 11) is 0. The maximum absolute atomic E-state index is 4.02. The number of piperidine rings is 1. The predicted octanol–water partition coefficient (Wildman–Crippen LogP) is 4.56. The van der Waals surface area contributed by atoms with Gasteiger partial charge < -0.3 is 19.3 Å². The fourth-order valence-electron chi connectivity index (χ4n) is 3.58. The van der Waals surface area contributed by atoms with E-state index in [-0.39, 0.29) is 26.0 Å². The molecule has 2 heteroatoms. The maximum Gasteiger partial charge on any atom is 2.00 e. The van der Waals surface area contributed by atoms with Crippen molar-refractivity contribution in [2.75, 3.05) is 13.1 Å². The number of benzene rings is 1. The molecule has 1 saturated heterocycles. The van der Waals surface area contributed by atoms with Crippen molar-refractivity contribution in [2.45, 2.75) is 52.0 Å². The van der Waals surface area contributed by atoms with Gasteiger partial charge in [-0.25, -0.2) is 0 Å². The summed E-state index contributed by atoms with van der Waals surface area (Å²) in [6.45, 7) is 10.5. The first-order valence-electron chi connectivity index (χ1n) is 7.97. The van der Waals surface area contributed by atoms with Crippen molar-refractivity contribution in [1.82, 2.24) is 4.90 Å². The van der Waals surface area contributed by atoms with E-state index in [0.717, 1.165) is 18.4 Å². The minimum absolute atomic E-state index is 0. The fraction of sp³-hybridized carbons (Fsp3) is 0.579. The van der Waals surface area contributed by atoms with Gasteiger partial charge in [0.05, 0.1) is 0 Å². The Morgan fingerprint density at radius 2 is 1.71 bits per heavy atom. The maximum atomic E-state index is 4.02. The predicted molar refractivity (Wildman–Crippen MR) is 89.7 cm³/mol. The molecule has 0 aromatic heterocycles. The van der Waals surface area contributed by atoms with Crippen LogP contribution in [0.2, 0.25) is 0 Å². The average Bonchev–Trinajstić information content (AvgIpc) is 2.42. The minimum Gasteiger partial charge on any atom is -0.358 e. The normalized spacial score (nSPS) is 23.4. The molecular formula is C19H31NV. The van der Waals surface area contributed by atoms with Crippen LogP contribution in [0.25, 0.3) is 0 Å². The Labute approximate surface area is 144 Å². The second kappa shape index (κ2) is 10.5. The quantitative estimate of drug-likeness (QED) is 0.721. The van der Waals surface area contributed by atoms with Crippen LogP contribution in [0.4, 0.5) is 0 Å². The molecule has 1 radical (unpaired) electrons. The summed E-state index contributed by atoms with van der Waals surface area (Å²) in [5.74, 6) is 0.874. The third-order valence-electron chi connectivity index (χ3n) is 4.45. The molecule has 0 N–H and O–H groups in total. The van der Waals surface area contributed by atoms with E-state index in [1.54, 1.807) is 11.1 Å². The Morgan fingerprint density at radius 1 is 1.10 bits per heavy atom. The summed E-state index contributed by atoms with van der Waals surface area (Å²) in [5.41, 5.74) is 3.20. The molecule has 2 aliphatic heterocycles. The van der Waals surface area contributed by atoms with Crippen molar-refractivity contribution in [1.29, 1.82) is 0 Å². The van der Waals surface area contributed by atoms with Crippen LogP contribution in [-0.4, -0.2) is 24.0 Å². The molecule has 1 aromatic carbocycles. The van der Waals surface area contributed by atoms with Gasteiger partial charge in [-0.15, -0.1) is 0 Å². The molecule has 0 spiro atoms. The number of nitrogens with zero attached hydrogens (tertiary/aromatic N) is 1. The van der Waals surface area contributed by atoms with Crippen molar-refractivity contribution in [3.05, 3.63) is 49.7 Å². The van der Waals surface area contributed by atoms with Gasteiger partial charge in [-0.3, -0.25) is 0 Å². The summed E-state index contributed by atoms with van der Waals surface area (Å²) in [6.07, 6.45) is 6.40. The van der Waals surface area contributed by atoms with Crippen LogP contribution in [-0.2, 0) is 31.4 Å². The zero-order chi connectivity index (χ0) is 13.7. The van der Waals surface area contributed by atoms with Gasteiger partial charge in [0.15, 0.2) is 0 Å². The smallest absolute Gasteiger partial charge is 0.358 e. The first-order chi connectivity index (χ1) is 9.36. The summed E-state index contributed by atoms with van der Waals surface area (Å²) in [5, 5.41) is 0. The third kappa shape index (κ3) is 5.16. The fourth-order valence-corrected chi connectivity index (χ4v) is 3.58. The Hall–Kier alpha value is -0.236. The van der Waals surface area contributed by atoms with E-state index in [0.29, 0.717) is 0 Å². The number of rotatable bonds is 2. The van der Waals surface area contributed by atoms with E-state index in [4.69, 9.17) is 0 Å². The zero-order valence-corrected chi connectivity index (χ0v) is 15.4. The molecule has 117 valence electrons. The van der Waals surface area contributed by atoms with Crippen LogP contribution in [0.15, 0.2) is 24.3 Å². The number of fused-ring (bicyclic) bond motifs is 2. The van der Waals surface area contributed by atoms with Gasteiger partial charge in [0.25, 0.3) is 0 Å². The van der Waals surface area contributed by atoms with E-state index in [1.807, 2.05) is 13.8 Å². The summed E-state index contributed by atoms with van der Waals surface area (Å²) < 4.78 is 0. The van der Waals surface area contributed by atoms with Crippen LogP contribution >= 0.6 is 0 Å². The van der Waals surface area contributed by atoms with Crippen molar-refractivity contribution >= 4 is 0 Å². The SMILES string of the molecule is CC.[CH2-]CCN1CC2CCC1Cc1ccccc1C2.[CH3-].[V+2]. The van der Waals surface area contributed by atoms with Gasteiger partial charge in [-0.05, 0) is 49.3 Å². The molecule has 3 aliphatic rings. The second-order valence-corrected chi connectivity index (χ2v) is 5.62. The zero-order valence-electron chi connectivity index (χ0n) is 14.0. The molecule has 0 amide bonds. The van der Waals surface area contributed by atoms with E-state index < -0.39 is 0 Å². The molecule has 2 atom stereocenters. The number of hydrogen-bond acceptors (Lipinski definition) is 1. The molecule has 2 heterocycles. The molecular weight excluding hydrogens is 293 g/mol. The minimum atomic E-state index is 0. The van der Waals surface area contributed by atoms with Gasteiger partial charge in [-0.2, -0.15) is 6.42 Å². The first kappa shape index (κ1) is 20.8. The summed E-state index contributed by atoms with van der Waals surface area (Å²) >= 11 is 0. The van der Waals surface area contributed by atoms with Crippen molar-refractivity contribution in [2.24, 2.45) is 5.92 Å². The van der Waals surface area contributed by atoms with Gasteiger partial charge >= 0.3 is 18.6 Å². The molecule has 0 saturated carbocycles. The van der Waals surface area contributed by atoms with Crippen LogP contribution in [0.3, 0.4) is 0 Å². The van der Waals surface area contributed by atoms with Gasteiger partial charge in [0.1, 0.15) is 0 Å². The molecule has 1 nitrogen and oxygen atoms in total. The van der Waals surface area contributed by atoms with Crippen LogP contribution < -0.4 is 0 Å². The molecule has 1 fully saturated rings. The van der Waals surface area contributed by atoms with E-state index in [9.17, 15) is 0 Å². The summed E-state index contributed by atoms with van der Waals surface area (Å²) in [6, 6.07) is 9.83. The standard InChI is InChI=1S/C16H22N.C2H6.CH3.V/c1-2-9-17-12-13-7-8-16(17)11-15-6-4-3-5-14(15)10-13;1-2;;/h3-6,13,16H,1-2,7-12H2;1-2H3;1H3;/q-1;;-1;+2. The third-order valence-corrected chi connectivity index (χ3v) is 4.45. The van der Waals surface area contributed by atoms with E-state index in [1.165, 1.54) is 38.8 Å². The molecule has 1 aromatic rings. The largest absolute Gasteiger partial charge is 2.00 e. The molecule has 21 heavy (non-hydrogen) atoms. The molecule has 1 aliphatic carbocycles. The van der Waals surface area contributed by atoms with Crippen molar-refractivity contribution in [3.8, 4) is 0 Å². The van der Waals surface area contributed by atoms with Gasteiger partial charge in [0.2, 0.25) is 0 Å². The van der Waals surface area contributed by atoms with Gasteiger partial charge in [-0.1, -0.05) is 38.1 Å². The molecule has 2 unspecified atom stereocenters. The average molecular weight is 324 g/mol. The summed E-state index contributed by atoms with van der Waals surface area (Å²) in [4.78, 5) is 2.69. The van der Waals surface area contributed by atoms with E-state index in [2.05, 4.69) is 36.1 Å². The second-order valence-electron chi connectivity index (χ2n) is 5.62. The number of hydrogen-bond donors (Lipinski definition) is 0. The van der Waals surface area contributed by atoms with Crippen LogP contribution in [0.1, 0.15) is 44.2 Å². The van der Waals surface area contributed by atoms with Crippen molar-refractivity contribution in [3.63, 3.8) is 0 Å². The van der Waals surface area contributed by atoms with Crippen LogP contribution in [0, 0.1) is 20.3 Å². The Bertz CT molecular complexity index is 391. The first-order valence-corrected chi connectivity index (χ1v) is 7.97. The van der Waals surface area contributed by atoms with Gasteiger partial charge in [0, 0.05) is 12.6 Å².